The second kappa shape index (κ2) is 11.7. The maximum Gasteiger partial charge on any atom is 0.345 e. The Morgan fingerprint density at radius 3 is 2.68 bits per heavy atom. The van der Waals surface area contributed by atoms with Crippen LogP contribution in [0.15, 0.2) is 17.2 Å². The Bertz CT molecular complexity index is 1010. The molecule has 210 valence electrons. The third kappa shape index (κ3) is 5.96. The number of nitrogens with one attached hydrogen (secondary N) is 1. The predicted molar refractivity (Wildman–Crippen MR) is 141 cm³/mol. The number of alkyl halides is 2. The molecule has 38 heavy (non-hydrogen) atoms. The summed E-state index contributed by atoms with van der Waals surface area (Å²) in [4.78, 5) is 32.5. The standard InChI is InChI=1S/C28H39F2N3O4S/c1-3-9-38-26-21(6-7-22(31-26)33-8-4-5-17(16-33)12-23(34)36-2)25(35)32-24-19-10-18-11-20(24)15-28(13-18,14-19)37-27(29)30/h6-7,17-20,24,27H,3-5,8-16H2,1-2H3,(H,32,35)/t17-,18?,19?,20?,24?,28?/m0/s1. The first-order valence-corrected chi connectivity index (χ1v) is 15.0. The molecule has 1 amide bonds. The Morgan fingerprint density at radius 1 is 1.24 bits per heavy atom. The average Bonchev–Trinajstić information content (AvgIpc) is 2.88. The third-order valence-corrected chi connectivity index (χ3v) is 10.1. The quantitative estimate of drug-likeness (QED) is 0.313. The Kier molecular flexibility index (Phi) is 8.48. The number of hydrogen-bond acceptors (Lipinski definition) is 7. The van der Waals surface area contributed by atoms with Gasteiger partial charge in [-0.3, -0.25) is 9.59 Å². The normalized spacial score (nSPS) is 32.0. The summed E-state index contributed by atoms with van der Waals surface area (Å²) in [6.45, 7) is 0.950. The van der Waals surface area contributed by atoms with Crippen LogP contribution in [0.2, 0.25) is 0 Å². The predicted octanol–water partition coefficient (Wildman–Crippen LogP) is 5.28. The number of rotatable bonds is 10. The number of methoxy groups -OCH3 is 1. The Labute approximate surface area is 227 Å². The topological polar surface area (TPSA) is 80.8 Å². The molecular formula is C28H39F2N3O4S. The number of piperidine rings is 1. The molecule has 10 heteroatoms. The minimum absolute atomic E-state index is 0.0154. The highest BCUT2D eigenvalue weighted by molar-refractivity contribution is 7.99. The fourth-order valence-corrected chi connectivity index (χ4v) is 8.47. The van der Waals surface area contributed by atoms with Crippen LogP contribution in [0.4, 0.5) is 14.6 Å². The minimum atomic E-state index is -2.75. The van der Waals surface area contributed by atoms with Gasteiger partial charge in [-0.1, -0.05) is 6.92 Å². The third-order valence-electron chi connectivity index (χ3n) is 8.91. The van der Waals surface area contributed by atoms with E-state index in [2.05, 4.69) is 17.1 Å². The molecule has 0 aromatic carbocycles. The molecule has 1 aromatic rings. The number of carbonyl (C=O) groups excluding carboxylic acids is 2. The summed E-state index contributed by atoms with van der Waals surface area (Å²) >= 11 is 1.59. The van der Waals surface area contributed by atoms with Gasteiger partial charge >= 0.3 is 12.6 Å². The van der Waals surface area contributed by atoms with E-state index in [0.717, 1.165) is 61.8 Å². The molecule has 3 atom stereocenters. The van der Waals surface area contributed by atoms with Crippen LogP contribution in [0.3, 0.4) is 0 Å². The van der Waals surface area contributed by atoms with Gasteiger partial charge in [-0.2, -0.15) is 8.78 Å². The van der Waals surface area contributed by atoms with E-state index in [-0.39, 0.29) is 35.7 Å². The number of thioether (sulfide) groups is 1. The summed E-state index contributed by atoms with van der Waals surface area (Å²) < 4.78 is 36.3. The highest BCUT2D eigenvalue weighted by atomic mass is 32.2. The highest BCUT2D eigenvalue weighted by Crippen LogP contribution is 2.57. The van der Waals surface area contributed by atoms with Crippen LogP contribution in [0.25, 0.3) is 0 Å². The number of amides is 1. The van der Waals surface area contributed by atoms with Gasteiger partial charge in [0.1, 0.15) is 10.8 Å². The molecule has 5 fully saturated rings. The Balaban J connectivity index is 1.30. The lowest BCUT2D eigenvalue weighted by Crippen LogP contribution is -2.62. The molecule has 1 aliphatic heterocycles. The number of hydrogen-bond donors (Lipinski definition) is 1. The average molecular weight is 552 g/mol. The van der Waals surface area contributed by atoms with Crippen LogP contribution in [-0.4, -0.2) is 61.1 Å². The maximum absolute atomic E-state index is 13.6. The molecular weight excluding hydrogens is 512 g/mol. The minimum Gasteiger partial charge on any atom is -0.469 e. The maximum atomic E-state index is 13.6. The van der Waals surface area contributed by atoms with Crippen molar-refractivity contribution in [2.75, 3.05) is 30.9 Å². The molecule has 1 aromatic heterocycles. The molecule has 0 radical (unpaired) electrons. The van der Waals surface area contributed by atoms with E-state index in [0.29, 0.717) is 37.2 Å². The van der Waals surface area contributed by atoms with E-state index >= 15 is 0 Å². The lowest BCUT2D eigenvalue weighted by Gasteiger charge is -2.59. The van der Waals surface area contributed by atoms with Gasteiger partial charge in [0.25, 0.3) is 5.91 Å². The van der Waals surface area contributed by atoms with Gasteiger partial charge in [0, 0.05) is 25.6 Å². The van der Waals surface area contributed by atoms with Crippen molar-refractivity contribution < 1.29 is 27.8 Å². The molecule has 6 rings (SSSR count). The highest BCUT2D eigenvalue weighted by Gasteiger charge is 2.57. The van der Waals surface area contributed by atoms with Gasteiger partial charge in [0.2, 0.25) is 0 Å². The van der Waals surface area contributed by atoms with Crippen molar-refractivity contribution in [3.8, 4) is 0 Å². The lowest BCUT2D eigenvalue weighted by molar-refractivity contribution is -0.260. The zero-order valence-corrected chi connectivity index (χ0v) is 23.1. The van der Waals surface area contributed by atoms with Crippen LogP contribution in [0, 0.1) is 23.7 Å². The molecule has 1 N–H and O–H groups in total. The summed E-state index contributed by atoms with van der Waals surface area (Å²) in [5.74, 6) is 2.33. The molecule has 2 unspecified atom stereocenters. The van der Waals surface area contributed by atoms with E-state index in [4.69, 9.17) is 14.5 Å². The van der Waals surface area contributed by atoms with E-state index < -0.39 is 12.2 Å². The van der Waals surface area contributed by atoms with Gasteiger partial charge in [-0.25, -0.2) is 4.98 Å². The Hall–Kier alpha value is -1.94. The second-order valence-electron chi connectivity index (χ2n) is 11.6. The molecule has 4 bridgehead atoms. The van der Waals surface area contributed by atoms with Gasteiger partial charge in [-0.05, 0) is 92.9 Å². The number of anilines is 1. The smallest absolute Gasteiger partial charge is 0.345 e. The fourth-order valence-electron chi connectivity index (χ4n) is 7.59. The summed E-state index contributed by atoms with van der Waals surface area (Å²) in [5.41, 5.74) is -0.153. The molecule has 5 aliphatic rings. The van der Waals surface area contributed by atoms with Crippen molar-refractivity contribution >= 4 is 29.5 Å². The number of nitrogens with zero attached hydrogens (tertiary/aromatic N) is 2. The van der Waals surface area contributed by atoms with Crippen molar-refractivity contribution in [3.05, 3.63) is 17.7 Å². The van der Waals surface area contributed by atoms with Crippen molar-refractivity contribution in [1.29, 1.82) is 0 Å². The van der Waals surface area contributed by atoms with Gasteiger partial charge < -0.3 is 19.7 Å². The second-order valence-corrected chi connectivity index (χ2v) is 12.7. The summed E-state index contributed by atoms with van der Waals surface area (Å²) in [5, 5.41) is 4.02. The summed E-state index contributed by atoms with van der Waals surface area (Å²) in [6.07, 6.45) is 7.14. The molecule has 0 spiro atoms. The van der Waals surface area contributed by atoms with Gasteiger partial charge in [-0.15, -0.1) is 11.8 Å². The van der Waals surface area contributed by atoms with Gasteiger partial charge in [0.05, 0.1) is 18.3 Å². The molecule has 7 nitrogen and oxygen atoms in total. The summed E-state index contributed by atoms with van der Waals surface area (Å²) in [6, 6.07) is 3.77. The van der Waals surface area contributed by atoms with Crippen LogP contribution < -0.4 is 10.2 Å². The van der Waals surface area contributed by atoms with E-state index in [1.807, 2.05) is 12.1 Å². The zero-order chi connectivity index (χ0) is 26.9. The molecule has 2 heterocycles. The van der Waals surface area contributed by atoms with E-state index in [1.54, 1.807) is 11.8 Å². The number of esters is 1. The van der Waals surface area contributed by atoms with Crippen molar-refractivity contribution in [1.82, 2.24) is 10.3 Å². The number of ether oxygens (including phenoxy) is 2. The van der Waals surface area contributed by atoms with Crippen LogP contribution in [0.5, 0.6) is 0 Å². The molecule has 1 saturated heterocycles. The van der Waals surface area contributed by atoms with Crippen LogP contribution >= 0.6 is 11.8 Å². The number of aromatic nitrogens is 1. The van der Waals surface area contributed by atoms with Crippen molar-refractivity contribution in [2.45, 2.75) is 88.0 Å². The summed E-state index contributed by atoms with van der Waals surface area (Å²) in [7, 11) is 1.42. The number of pyridine rings is 1. The van der Waals surface area contributed by atoms with Gasteiger partial charge in [0.15, 0.2) is 0 Å². The van der Waals surface area contributed by atoms with Crippen LogP contribution in [-0.2, 0) is 14.3 Å². The molecule has 4 aliphatic carbocycles. The number of halogens is 2. The lowest BCUT2D eigenvalue weighted by atomic mass is 9.52. The zero-order valence-electron chi connectivity index (χ0n) is 22.3. The first-order valence-electron chi connectivity index (χ1n) is 14.0. The molecule has 4 saturated carbocycles. The number of carbonyl (C=O) groups is 2. The fraction of sp³-hybridized carbons (Fsp3) is 0.750. The van der Waals surface area contributed by atoms with Crippen molar-refractivity contribution in [2.24, 2.45) is 23.7 Å². The first-order chi connectivity index (χ1) is 18.3. The largest absolute Gasteiger partial charge is 0.469 e. The van der Waals surface area contributed by atoms with Crippen LogP contribution in [0.1, 0.15) is 75.1 Å². The van der Waals surface area contributed by atoms with Crippen molar-refractivity contribution in [3.63, 3.8) is 0 Å². The Morgan fingerprint density at radius 2 is 2.00 bits per heavy atom. The monoisotopic (exact) mass is 551 g/mol. The van der Waals surface area contributed by atoms with E-state index in [1.165, 1.54) is 7.11 Å². The first kappa shape index (κ1) is 27.6. The SMILES string of the molecule is CCCSc1nc(N2CCC[C@@H](CC(=O)OC)C2)ccc1C(=O)NC1C2CC3CC1CC(OC(F)F)(C3)C2. The van der Waals surface area contributed by atoms with E-state index in [9.17, 15) is 18.4 Å².